The first-order valence-electron chi connectivity index (χ1n) is 10.3. The zero-order chi connectivity index (χ0) is 20.8. The van der Waals surface area contributed by atoms with Crippen LogP contribution >= 0.6 is 0 Å². The fourth-order valence-corrected chi connectivity index (χ4v) is 3.59. The number of hydrogen-bond donors (Lipinski definition) is 1. The molecule has 154 valence electrons. The second-order valence-corrected chi connectivity index (χ2v) is 7.02. The summed E-state index contributed by atoms with van der Waals surface area (Å²) in [6.45, 7) is 9.00. The van der Waals surface area contributed by atoms with Gasteiger partial charge in [0.2, 0.25) is 0 Å². The number of anilines is 1. The average molecular weight is 396 g/mol. The van der Waals surface area contributed by atoms with E-state index in [9.17, 15) is 9.59 Å². The number of carbonyl (C=O) groups is 2. The molecule has 6 heteroatoms. The smallest absolute Gasteiger partial charge is 0.322 e. The lowest BCUT2D eigenvalue weighted by atomic mass is 10.00. The van der Waals surface area contributed by atoms with Gasteiger partial charge in [-0.2, -0.15) is 0 Å². The minimum atomic E-state index is -0.162. The molecule has 1 aliphatic rings. The predicted octanol–water partition coefficient (Wildman–Crippen LogP) is 4.16. The van der Waals surface area contributed by atoms with E-state index in [2.05, 4.69) is 11.4 Å². The van der Waals surface area contributed by atoms with Gasteiger partial charge in [0.1, 0.15) is 5.75 Å². The topological polar surface area (TPSA) is 61.9 Å². The van der Waals surface area contributed by atoms with Crippen LogP contribution in [0.1, 0.15) is 42.3 Å². The Hall–Kier alpha value is -3.02. The normalized spacial score (nSPS) is 12.9. The van der Waals surface area contributed by atoms with Crippen LogP contribution in [0, 0.1) is 0 Å². The Morgan fingerprint density at radius 1 is 1.07 bits per heavy atom. The van der Waals surface area contributed by atoms with Crippen LogP contribution in [-0.2, 0) is 13.0 Å². The molecular formula is C23H29N3O3. The Labute approximate surface area is 172 Å². The molecule has 0 spiro atoms. The summed E-state index contributed by atoms with van der Waals surface area (Å²) in [6, 6.07) is 13.0. The third-order valence-corrected chi connectivity index (χ3v) is 5.20. The van der Waals surface area contributed by atoms with Gasteiger partial charge in [-0.15, -0.1) is 0 Å². The van der Waals surface area contributed by atoms with Crippen molar-refractivity contribution in [1.82, 2.24) is 9.80 Å². The van der Waals surface area contributed by atoms with Crippen LogP contribution in [0.25, 0.3) is 0 Å². The maximum atomic E-state index is 12.8. The number of urea groups is 1. The van der Waals surface area contributed by atoms with Gasteiger partial charge in [-0.25, -0.2) is 4.79 Å². The highest BCUT2D eigenvalue weighted by Gasteiger charge is 2.21. The van der Waals surface area contributed by atoms with Gasteiger partial charge in [0.05, 0.1) is 6.61 Å². The van der Waals surface area contributed by atoms with E-state index >= 15 is 0 Å². The van der Waals surface area contributed by atoms with Crippen molar-refractivity contribution in [3.63, 3.8) is 0 Å². The van der Waals surface area contributed by atoms with Gasteiger partial charge in [-0.3, -0.25) is 4.79 Å². The molecule has 0 aromatic heterocycles. The number of nitrogens with one attached hydrogen (secondary N) is 1. The first kappa shape index (κ1) is 20.7. The summed E-state index contributed by atoms with van der Waals surface area (Å²) in [7, 11) is 0. The maximum Gasteiger partial charge on any atom is 0.322 e. The summed E-state index contributed by atoms with van der Waals surface area (Å²) in [5.74, 6) is 0.803. The second kappa shape index (κ2) is 9.45. The lowest BCUT2D eigenvalue weighted by molar-refractivity contribution is 0.0773. The van der Waals surface area contributed by atoms with Crippen LogP contribution in [0.15, 0.2) is 42.5 Å². The fourth-order valence-electron chi connectivity index (χ4n) is 3.59. The van der Waals surface area contributed by atoms with Gasteiger partial charge in [-0.05, 0) is 68.7 Å². The molecule has 6 nitrogen and oxygen atoms in total. The van der Waals surface area contributed by atoms with Crippen LogP contribution in [0.4, 0.5) is 10.5 Å². The largest absolute Gasteiger partial charge is 0.494 e. The lowest BCUT2D eigenvalue weighted by Gasteiger charge is -2.29. The van der Waals surface area contributed by atoms with Crippen molar-refractivity contribution >= 4 is 17.6 Å². The molecule has 29 heavy (non-hydrogen) atoms. The minimum Gasteiger partial charge on any atom is -0.494 e. The van der Waals surface area contributed by atoms with E-state index in [1.54, 1.807) is 28.0 Å². The van der Waals surface area contributed by atoms with Crippen LogP contribution in [-0.4, -0.2) is 48.0 Å². The molecule has 3 rings (SSSR count). The number of ether oxygens (including phenoxy) is 1. The number of nitrogens with zero attached hydrogens (tertiary/aromatic N) is 2. The zero-order valence-corrected chi connectivity index (χ0v) is 17.4. The summed E-state index contributed by atoms with van der Waals surface area (Å²) in [6.07, 6.45) is 0.815. The molecular weight excluding hydrogens is 366 g/mol. The number of fused-ring (bicyclic) bond motifs is 1. The highest BCUT2D eigenvalue weighted by atomic mass is 16.5. The number of benzene rings is 2. The molecule has 0 saturated heterocycles. The van der Waals surface area contributed by atoms with Gasteiger partial charge in [0.25, 0.3) is 5.91 Å². The first-order valence-corrected chi connectivity index (χ1v) is 10.3. The highest BCUT2D eigenvalue weighted by molar-refractivity contribution is 5.97. The van der Waals surface area contributed by atoms with E-state index in [1.165, 1.54) is 5.56 Å². The maximum absolute atomic E-state index is 12.8. The number of carbonyl (C=O) groups excluding carboxylic acids is 2. The van der Waals surface area contributed by atoms with E-state index in [0.717, 1.165) is 17.7 Å². The number of amides is 3. The summed E-state index contributed by atoms with van der Waals surface area (Å²) in [4.78, 5) is 28.9. The molecule has 0 unspecified atom stereocenters. The van der Waals surface area contributed by atoms with Crippen molar-refractivity contribution in [2.75, 3.05) is 31.6 Å². The van der Waals surface area contributed by atoms with Gasteiger partial charge in [0.15, 0.2) is 0 Å². The summed E-state index contributed by atoms with van der Waals surface area (Å²) < 4.78 is 5.58. The molecule has 2 aromatic carbocycles. The molecule has 3 amide bonds. The van der Waals surface area contributed by atoms with Crippen molar-refractivity contribution in [1.29, 1.82) is 0 Å². The van der Waals surface area contributed by atoms with Crippen molar-refractivity contribution in [2.24, 2.45) is 0 Å². The fraction of sp³-hybridized carbons (Fsp3) is 0.391. The Balaban J connectivity index is 1.69. The molecule has 1 aliphatic heterocycles. The van der Waals surface area contributed by atoms with Crippen LogP contribution in [0.5, 0.6) is 5.75 Å². The van der Waals surface area contributed by atoms with Gasteiger partial charge in [0, 0.05) is 37.4 Å². The van der Waals surface area contributed by atoms with Crippen molar-refractivity contribution in [3.05, 3.63) is 59.2 Å². The van der Waals surface area contributed by atoms with E-state index in [0.29, 0.717) is 44.0 Å². The monoisotopic (exact) mass is 395 g/mol. The van der Waals surface area contributed by atoms with Gasteiger partial charge in [-0.1, -0.05) is 12.1 Å². The quantitative estimate of drug-likeness (QED) is 0.799. The Morgan fingerprint density at radius 3 is 2.59 bits per heavy atom. The van der Waals surface area contributed by atoms with Crippen molar-refractivity contribution in [3.8, 4) is 5.75 Å². The Kier molecular flexibility index (Phi) is 6.75. The molecule has 0 atom stereocenters. The zero-order valence-electron chi connectivity index (χ0n) is 17.4. The molecule has 1 heterocycles. The SMILES string of the molecule is CCOc1ccc2c(c1)CN(C(=O)Nc1cccc(C(=O)N(CC)CC)c1)CC2. The van der Waals surface area contributed by atoms with E-state index in [1.807, 2.05) is 39.0 Å². The van der Waals surface area contributed by atoms with E-state index in [-0.39, 0.29) is 11.9 Å². The van der Waals surface area contributed by atoms with Crippen molar-refractivity contribution < 1.29 is 14.3 Å². The minimum absolute atomic E-state index is 0.0264. The molecule has 0 bridgehead atoms. The van der Waals surface area contributed by atoms with Crippen LogP contribution < -0.4 is 10.1 Å². The van der Waals surface area contributed by atoms with E-state index < -0.39 is 0 Å². The Morgan fingerprint density at radius 2 is 1.86 bits per heavy atom. The Bertz CT molecular complexity index is 877. The standard InChI is InChI=1S/C23H29N3O3/c1-4-25(5-2)22(27)18-8-7-9-20(14-18)24-23(28)26-13-12-17-10-11-21(29-6-3)15-19(17)16-26/h7-11,14-15H,4-6,12-13,16H2,1-3H3,(H,24,28). The number of hydrogen-bond acceptors (Lipinski definition) is 3. The predicted molar refractivity (Wildman–Crippen MR) is 114 cm³/mol. The van der Waals surface area contributed by atoms with Crippen LogP contribution in [0.2, 0.25) is 0 Å². The number of rotatable bonds is 6. The first-order chi connectivity index (χ1) is 14.0. The molecule has 0 aliphatic carbocycles. The second-order valence-electron chi connectivity index (χ2n) is 7.02. The van der Waals surface area contributed by atoms with Gasteiger partial charge >= 0.3 is 6.03 Å². The van der Waals surface area contributed by atoms with Crippen LogP contribution in [0.3, 0.4) is 0 Å². The molecule has 1 N–H and O–H groups in total. The summed E-state index contributed by atoms with van der Waals surface area (Å²) in [5.41, 5.74) is 3.57. The lowest BCUT2D eigenvalue weighted by Crippen LogP contribution is -2.39. The molecule has 0 radical (unpaired) electrons. The average Bonchev–Trinajstić information content (AvgIpc) is 2.74. The van der Waals surface area contributed by atoms with Crippen molar-refractivity contribution in [2.45, 2.75) is 33.7 Å². The third kappa shape index (κ3) is 4.88. The van der Waals surface area contributed by atoms with E-state index in [4.69, 9.17) is 4.74 Å². The summed E-state index contributed by atoms with van der Waals surface area (Å²) >= 11 is 0. The third-order valence-electron chi connectivity index (χ3n) is 5.20. The molecule has 0 saturated carbocycles. The molecule has 0 fully saturated rings. The van der Waals surface area contributed by atoms with Gasteiger partial charge < -0.3 is 19.9 Å². The summed E-state index contributed by atoms with van der Waals surface area (Å²) in [5, 5.41) is 2.94. The molecule has 2 aromatic rings. The highest BCUT2D eigenvalue weighted by Crippen LogP contribution is 2.24.